The van der Waals surface area contributed by atoms with Crippen molar-refractivity contribution in [2.45, 2.75) is 58.5 Å². The van der Waals surface area contributed by atoms with Gasteiger partial charge in [0.1, 0.15) is 0 Å². The summed E-state index contributed by atoms with van der Waals surface area (Å²) in [5.41, 5.74) is 8.72. The largest absolute Gasteiger partial charge is 0.367 e. The van der Waals surface area contributed by atoms with E-state index in [0.29, 0.717) is 5.92 Å². The van der Waals surface area contributed by atoms with Crippen LogP contribution in [0.2, 0.25) is 0 Å². The van der Waals surface area contributed by atoms with E-state index < -0.39 is 0 Å². The molecule has 1 aliphatic rings. The smallest absolute Gasteiger partial charge is 0.0513 e. The molecule has 0 aromatic heterocycles. The summed E-state index contributed by atoms with van der Waals surface area (Å²) in [6, 6.07) is 7.77. The Balaban J connectivity index is 2.14. The Morgan fingerprint density at radius 1 is 1.35 bits per heavy atom. The zero-order valence-corrected chi connectivity index (χ0v) is 14.5. The number of hydrogen-bond acceptors (Lipinski definition) is 2. The Bertz CT molecular complexity index is 441. The van der Waals surface area contributed by atoms with Crippen molar-refractivity contribution in [2.24, 2.45) is 11.7 Å². The number of nitrogens with zero attached hydrogens (tertiary/aromatic N) is 1. The van der Waals surface area contributed by atoms with Crippen LogP contribution in [0, 0.1) is 5.92 Å². The molecule has 0 bridgehead atoms. The fraction of sp³-hybridized carbons (Fsp3) is 0.647. The topological polar surface area (TPSA) is 29.3 Å². The van der Waals surface area contributed by atoms with Crippen molar-refractivity contribution in [1.82, 2.24) is 0 Å². The molecule has 1 saturated carbocycles. The van der Waals surface area contributed by atoms with E-state index in [1.807, 2.05) is 0 Å². The zero-order valence-electron chi connectivity index (χ0n) is 12.9. The average molecular weight is 339 g/mol. The highest BCUT2D eigenvalue weighted by molar-refractivity contribution is 9.10. The maximum Gasteiger partial charge on any atom is 0.0513 e. The number of rotatable bonds is 7. The van der Waals surface area contributed by atoms with Gasteiger partial charge in [-0.25, -0.2) is 0 Å². The van der Waals surface area contributed by atoms with Gasteiger partial charge < -0.3 is 10.6 Å². The summed E-state index contributed by atoms with van der Waals surface area (Å²) in [5, 5.41) is 0. The molecule has 2 N–H and O–H groups in total. The van der Waals surface area contributed by atoms with Gasteiger partial charge in [-0.15, -0.1) is 0 Å². The van der Waals surface area contributed by atoms with Gasteiger partial charge in [0, 0.05) is 23.1 Å². The molecule has 2 nitrogen and oxygen atoms in total. The van der Waals surface area contributed by atoms with Gasteiger partial charge in [0.15, 0.2) is 0 Å². The maximum atomic E-state index is 6.05. The first-order chi connectivity index (χ1) is 9.51. The highest BCUT2D eigenvalue weighted by Crippen LogP contribution is 2.37. The summed E-state index contributed by atoms with van der Waals surface area (Å²) in [5.74, 6) is 0.690. The summed E-state index contributed by atoms with van der Waals surface area (Å²) in [7, 11) is 0. The van der Waals surface area contributed by atoms with Crippen molar-refractivity contribution in [3.8, 4) is 0 Å². The van der Waals surface area contributed by atoms with Crippen LogP contribution in [0.5, 0.6) is 0 Å². The molecular weight excluding hydrogens is 312 g/mol. The molecule has 1 aromatic carbocycles. The van der Waals surface area contributed by atoms with Crippen LogP contribution in [0.15, 0.2) is 22.7 Å². The Labute approximate surface area is 131 Å². The lowest BCUT2D eigenvalue weighted by Crippen LogP contribution is -2.30. The molecule has 1 fully saturated rings. The molecule has 0 aliphatic heterocycles. The summed E-state index contributed by atoms with van der Waals surface area (Å²) >= 11 is 3.76. The lowest BCUT2D eigenvalue weighted by molar-refractivity contribution is 0.606. The molecule has 20 heavy (non-hydrogen) atoms. The van der Waals surface area contributed by atoms with Gasteiger partial charge in [-0.1, -0.05) is 26.8 Å². The zero-order chi connectivity index (χ0) is 14.7. The number of benzene rings is 1. The van der Waals surface area contributed by atoms with E-state index in [1.165, 1.54) is 28.6 Å². The van der Waals surface area contributed by atoms with Crippen molar-refractivity contribution < 1.29 is 0 Å². The van der Waals surface area contributed by atoms with E-state index in [4.69, 9.17) is 5.73 Å². The number of hydrogen-bond donors (Lipinski definition) is 1. The van der Waals surface area contributed by atoms with Crippen molar-refractivity contribution >= 4 is 21.6 Å². The fourth-order valence-corrected chi connectivity index (χ4v) is 3.24. The predicted molar refractivity (Wildman–Crippen MR) is 91.3 cm³/mol. The molecule has 1 atom stereocenters. The number of nitrogens with two attached hydrogens (primary N) is 1. The SMILES string of the molecule is CCC(N)Cc1ccc(N(CC(C)C)C2CC2)c(Br)c1. The molecule has 0 saturated heterocycles. The van der Waals surface area contributed by atoms with Crippen LogP contribution in [0.4, 0.5) is 5.69 Å². The van der Waals surface area contributed by atoms with Gasteiger partial charge in [0.05, 0.1) is 5.69 Å². The van der Waals surface area contributed by atoms with Gasteiger partial charge in [-0.2, -0.15) is 0 Å². The normalized spacial score (nSPS) is 16.5. The first-order valence-electron chi connectivity index (χ1n) is 7.81. The summed E-state index contributed by atoms with van der Waals surface area (Å²) in [6.45, 7) is 7.86. The van der Waals surface area contributed by atoms with Crippen LogP contribution < -0.4 is 10.6 Å². The quantitative estimate of drug-likeness (QED) is 0.800. The van der Waals surface area contributed by atoms with Crippen LogP contribution in [0.1, 0.15) is 45.6 Å². The van der Waals surface area contributed by atoms with Gasteiger partial charge in [0.25, 0.3) is 0 Å². The molecule has 1 aliphatic carbocycles. The minimum absolute atomic E-state index is 0.267. The van der Waals surface area contributed by atoms with Crippen molar-refractivity contribution in [1.29, 1.82) is 0 Å². The molecule has 1 unspecified atom stereocenters. The second-order valence-electron chi connectivity index (χ2n) is 6.44. The molecule has 0 radical (unpaired) electrons. The van der Waals surface area contributed by atoms with Gasteiger partial charge in [-0.3, -0.25) is 0 Å². The van der Waals surface area contributed by atoms with Gasteiger partial charge in [0.2, 0.25) is 0 Å². The Kier molecular flexibility index (Phi) is 5.50. The highest BCUT2D eigenvalue weighted by Gasteiger charge is 2.30. The summed E-state index contributed by atoms with van der Waals surface area (Å²) in [6.07, 6.45) is 4.66. The van der Waals surface area contributed by atoms with Crippen molar-refractivity contribution in [3.63, 3.8) is 0 Å². The number of halogens is 1. The van der Waals surface area contributed by atoms with Gasteiger partial charge in [-0.05, 0) is 65.2 Å². The van der Waals surface area contributed by atoms with Gasteiger partial charge >= 0.3 is 0 Å². The third kappa shape index (κ3) is 4.23. The molecular formula is C17H27BrN2. The van der Waals surface area contributed by atoms with Crippen LogP contribution in [0.3, 0.4) is 0 Å². The minimum Gasteiger partial charge on any atom is -0.367 e. The van der Waals surface area contributed by atoms with E-state index in [1.54, 1.807) is 0 Å². The molecule has 2 rings (SSSR count). The lowest BCUT2D eigenvalue weighted by Gasteiger charge is -2.28. The standard InChI is InChI=1S/C17H27BrN2/c1-4-14(19)9-13-5-8-17(16(18)10-13)20(11-12(2)3)15-6-7-15/h5,8,10,12,14-15H,4,6-7,9,11,19H2,1-3H3. The predicted octanol–water partition coefficient (Wildman–Crippen LogP) is 4.35. The summed E-state index contributed by atoms with van der Waals surface area (Å²) in [4.78, 5) is 2.57. The number of anilines is 1. The van der Waals surface area contributed by atoms with E-state index in [9.17, 15) is 0 Å². The average Bonchev–Trinajstić information content (AvgIpc) is 3.20. The van der Waals surface area contributed by atoms with Crippen LogP contribution in [-0.2, 0) is 6.42 Å². The molecule has 112 valence electrons. The third-order valence-electron chi connectivity index (χ3n) is 3.89. The molecule has 0 spiro atoms. The Hall–Kier alpha value is -0.540. The first-order valence-corrected chi connectivity index (χ1v) is 8.61. The fourth-order valence-electron chi connectivity index (χ4n) is 2.58. The van der Waals surface area contributed by atoms with E-state index in [0.717, 1.165) is 25.4 Å². The van der Waals surface area contributed by atoms with Crippen LogP contribution >= 0.6 is 15.9 Å². The highest BCUT2D eigenvalue weighted by atomic mass is 79.9. The van der Waals surface area contributed by atoms with Crippen LogP contribution in [-0.4, -0.2) is 18.6 Å². The second kappa shape index (κ2) is 6.95. The van der Waals surface area contributed by atoms with E-state index in [2.05, 4.69) is 59.8 Å². The Morgan fingerprint density at radius 2 is 2.05 bits per heavy atom. The van der Waals surface area contributed by atoms with Crippen molar-refractivity contribution in [3.05, 3.63) is 28.2 Å². The van der Waals surface area contributed by atoms with E-state index in [-0.39, 0.29) is 6.04 Å². The molecule has 1 aromatic rings. The minimum atomic E-state index is 0.267. The van der Waals surface area contributed by atoms with Crippen molar-refractivity contribution in [2.75, 3.05) is 11.4 Å². The third-order valence-corrected chi connectivity index (χ3v) is 4.53. The second-order valence-corrected chi connectivity index (χ2v) is 7.29. The Morgan fingerprint density at radius 3 is 2.55 bits per heavy atom. The summed E-state index contributed by atoms with van der Waals surface area (Å²) < 4.78 is 1.21. The molecule has 0 amide bonds. The lowest BCUT2D eigenvalue weighted by atomic mass is 10.0. The molecule has 0 heterocycles. The first kappa shape index (κ1) is 15.8. The van der Waals surface area contributed by atoms with Crippen LogP contribution in [0.25, 0.3) is 0 Å². The van der Waals surface area contributed by atoms with E-state index >= 15 is 0 Å². The molecule has 3 heteroatoms. The maximum absolute atomic E-state index is 6.05. The monoisotopic (exact) mass is 338 g/mol.